The van der Waals surface area contributed by atoms with Gasteiger partial charge < -0.3 is 4.90 Å². The van der Waals surface area contributed by atoms with E-state index in [0.717, 1.165) is 16.3 Å². The van der Waals surface area contributed by atoms with Crippen LogP contribution < -0.4 is 0 Å². The largest absolute Gasteiger partial charge is 0.418 e. The molecule has 5 nitrogen and oxygen atoms in total. The van der Waals surface area contributed by atoms with Gasteiger partial charge in [0.2, 0.25) is 0 Å². The number of para-hydroxylation sites is 1. The van der Waals surface area contributed by atoms with Gasteiger partial charge in [0.1, 0.15) is 0 Å². The maximum absolute atomic E-state index is 13.2. The summed E-state index contributed by atoms with van der Waals surface area (Å²) < 4.78 is 40.4. The van der Waals surface area contributed by atoms with Gasteiger partial charge in [-0.3, -0.25) is 4.79 Å². The molecule has 3 aromatic rings. The van der Waals surface area contributed by atoms with Crippen molar-refractivity contribution < 1.29 is 18.0 Å². The molecule has 1 aromatic heterocycles. The minimum atomic E-state index is -4.55. The van der Waals surface area contributed by atoms with E-state index in [0.29, 0.717) is 5.02 Å². The molecule has 1 heterocycles. The number of nitrogens with zero attached hydrogens (tertiary/aromatic N) is 4. The van der Waals surface area contributed by atoms with Gasteiger partial charge in [-0.05, 0) is 29.8 Å². The SMILES string of the molecule is CN(Cc1cccc(Cl)c1)C(=O)c1cn(-c2ccccc2C(F)(F)F)nn1. The summed E-state index contributed by atoms with van der Waals surface area (Å²) in [4.78, 5) is 13.9. The Bertz CT molecular complexity index is 971. The first-order valence-electron chi connectivity index (χ1n) is 7.84. The Morgan fingerprint density at radius 3 is 2.63 bits per heavy atom. The molecule has 0 aliphatic carbocycles. The molecule has 0 unspecified atom stereocenters. The Morgan fingerprint density at radius 1 is 1.19 bits per heavy atom. The van der Waals surface area contributed by atoms with E-state index < -0.39 is 17.6 Å². The van der Waals surface area contributed by atoms with E-state index in [1.807, 2.05) is 6.07 Å². The molecule has 0 aliphatic rings. The molecule has 1 amide bonds. The molecule has 0 aliphatic heterocycles. The highest BCUT2D eigenvalue weighted by Crippen LogP contribution is 2.33. The number of benzene rings is 2. The predicted octanol–water partition coefficient (Wildman–Crippen LogP) is 4.21. The van der Waals surface area contributed by atoms with Crippen LogP contribution in [-0.4, -0.2) is 32.8 Å². The molecule has 0 radical (unpaired) electrons. The highest BCUT2D eigenvalue weighted by atomic mass is 35.5. The Morgan fingerprint density at radius 2 is 1.93 bits per heavy atom. The molecule has 0 saturated heterocycles. The van der Waals surface area contributed by atoms with Gasteiger partial charge in [-0.2, -0.15) is 13.2 Å². The monoisotopic (exact) mass is 394 g/mol. The number of aromatic nitrogens is 3. The van der Waals surface area contributed by atoms with Crippen molar-refractivity contribution in [3.05, 3.63) is 76.6 Å². The van der Waals surface area contributed by atoms with Crippen LogP contribution in [0.5, 0.6) is 0 Å². The summed E-state index contributed by atoms with van der Waals surface area (Å²) in [7, 11) is 1.56. The zero-order valence-corrected chi connectivity index (χ0v) is 14.9. The smallest absolute Gasteiger partial charge is 0.336 e. The van der Waals surface area contributed by atoms with Crippen molar-refractivity contribution in [1.29, 1.82) is 0 Å². The molecular weight excluding hydrogens is 381 g/mol. The second-order valence-electron chi connectivity index (χ2n) is 5.85. The highest BCUT2D eigenvalue weighted by molar-refractivity contribution is 6.30. The molecule has 9 heteroatoms. The lowest BCUT2D eigenvalue weighted by molar-refractivity contribution is -0.137. The van der Waals surface area contributed by atoms with Crippen LogP contribution >= 0.6 is 11.6 Å². The van der Waals surface area contributed by atoms with Crippen molar-refractivity contribution in [2.45, 2.75) is 12.7 Å². The van der Waals surface area contributed by atoms with E-state index in [1.165, 1.54) is 29.3 Å². The second kappa shape index (κ2) is 7.40. The van der Waals surface area contributed by atoms with Crippen LogP contribution in [0.25, 0.3) is 5.69 Å². The maximum Gasteiger partial charge on any atom is 0.418 e. The van der Waals surface area contributed by atoms with Crippen LogP contribution in [0.4, 0.5) is 13.2 Å². The molecule has 0 fully saturated rings. The lowest BCUT2D eigenvalue weighted by Crippen LogP contribution is -2.26. The lowest BCUT2D eigenvalue weighted by Gasteiger charge is -2.15. The summed E-state index contributed by atoms with van der Waals surface area (Å²) in [5, 5.41) is 7.95. The average molecular weight is 395 g/mol. The van der Waals surface area contributed by atoms with E-state index in [-0.39, 0.29) is 17.9 Å². The zero-order chi connectivity index (χ0) is 19.6. The Kier molecular flexibility index (Phi) is 5.18. The van der Waals surface area contributed by atoms with Crippen LogP contribution in [0.2, 0.25) is 5.02 Å². The molecule has 0 spiro atoms. The van der Waals surface area contributed by atoms with E-state index in [1.54, 1.807) is 25.2 Å². The number of rotatable bonds is 4. The minimum absolute atomic E-state index is 0.0588. The van der Waals surface area contributed by atoms with E-state index in [9.17, 15) is 18.0 Å². The van der Waals surface area contributed by atoms with Gasteiger partial charge in [-0.1, -0.05) is 41.1 Å². The van der Waals surface area contributed by atoms with Gasteiger partial charge in [-0.25, -0.2) is 4.68 Å². The van der Waals surface area contributed by atoms with Crippen molar-refractivity contribution in [3.8, 4) is 5.69 Å². The quantitative estimate of drug-likeness (QED) is 0.666. The van der Waals surface area contributed by atoms with Gasteiger partial charge in [0, 0.05) is 18.6 Å². The first kappa shape index (κ1) is 18.9. The number of hydrogen-bond donors (Lipinski definition) is 0. The third kappa shape index (κ3) is 4.28. The van der Waals surface area contributed by atoms with Gasteiger partial charge in [0.25, 0.3) is 5.91 Å². The average Bonchev–Trinajstić information content (AvgIpc) is 3.10. The third-order valence-electron chi connectivity index (χ3n) is 3.82. The van der Waals surface area contributed by atoms with Crippen LogP contribution in [0.15, 0.2) is 54.7 Å². The fourth-order valence-corrected chi connectivity index (χ4v) is 2.78. The van der Waals surface area contributed by atoms with Crippen LogP contribution in [0.3, 0.4) is 0 Å². The summed E-state index contributed by atoms with van der Waals surface area (Å²) in [6.45, 7) is 0.269. The van der Waals surface area contributed by atoms with E-state index >= 15 is 0 Å². The number of carbonyl (C=O) groups excluding carboxylic acids is 1. The first-order valence-corrected chi connectivity index (χ1v) is 8.22. The molecule has 27 heavy (non-hydrogen) atoms. The van der Waals surface area contributed by atoms with Crippen LogP contribution in [0, 0.1) is 0 Å². The third-order valence-corrected chi connectivity index (χ3v) is 4.06. The van der Waals surface area contributed by atoms with Gasteiger partial charge >= 0.3 is 6.18 Å². The Labute approximate surface area is 158 Å². The standard InChI is InChI=1S/C18H14ClF3N4O/c1-25(10-12-5-4-6-13(19)9-12)17(27)15-11-26(24-23-15)16-8-3-2-7-14(16)18(20,21)22/h2-9,11H,10H2,1H3. The first-order chi connectivity index (χ1) is 12.8. The van der Waals surface area contributed by atoms with E-state index in [2.05, 4.69) is 10.3 Å². The summed E-state index contributed by atoms with van der Waals surface area (Å²) >= 11 is 5.93. The van der Waals surface area contributed by atoms with Crippen LogP contribution in [0.1, 0.15) is 21.6 Å². The Balaban J connectivity index is 1.83. The van der Waals surface area contributed by atoms with Crippen molar-refractivity contribution in [2.24, 2.45) is 0 Å². The minimum Gasteiger partial charge on any atom is -0.336 e. The van der Waals surface area contributed by atoms with Crippen LogP contribution in [-0.2, 0) is 12.7 Å². The summed E-state index contributed by atoms with van der Waals surface area (Å²) in [6.07, 6.45) is -3.36. The summed E-state index contributed by atoms with van der Waals surface area (Å²) in [5.41, 5.74) is -0.306. The number of amides is 1. The number of halogens is 4. The number of hydrogen-bond acceptors (Lipinski definition) is 3. The number of carbonyl (C=O) groups is 1. The van der Waals surface area contributed by atoms with Crippen molar-refractivity contribution >= 4 is 17.5 Å². The fourth-order valence-electron chi connectivity index (χ4n) is 2.57. The predicted molar refractivity (Wildman–Crippen MR) is 93.6 cm³/mol. The Hall–Kier alpha value is -2.87. The molecular formula is C18H14ClF3N4O. The zero-order valence-electron chi connectivity index (χ0n) is 14.1. The fraction of sp³-hybridized carbons (Fsp3) is 0.167. The lowest BCUT2D eigenvalue weighted by atomic mass is 10.1. The van der Waals surface area contributed by atoms with Crippen molar-refractivity contribution in [3.63, 3.8) is 0 Å². The summed E-state index contributed by atoms with van der Waals surface area (Å²) in [5.74, 6) is -0.467. The molecule has 3 rings (SSSR count). The van der Waals surface area contributed by atoms with Gasteiger partial charge in [-0.15, -0.1) is 5.10 Å². The van der Waals surface area contributed by atoms with E-state index in [4.69, 9.17) is 11.6 Å². The molecule has 0 N–H and O–H groups in total. The molecule has 0 atom stereocenters. The normalized spacial score (nSPS) is 11.4. The van der Waals surface area contributed by atoms with Gasteiger partial charge in [0.05, 0.1) is 17.4 Å². The topological polar surface area (TPSA) is 51.0 Å². The van der Waals surface area contributed by atoms with Crippen molar-refractivity contribution in [1.82, 2.24) is 19.9 Å². The van der Waals surface area contributed by atoms with Gasteiger partial charge in [0.15, 0.2) is 5.69 Å². The molecule has 140 valence electrons. The summed E-state index contributed by atoms with van der Waals surface area (Å²) in [6, 6.07) is 12.0. The maximum atomic E-state index is 13.2. The second-order valence-corrected chi connectivity index (χ2v) is 6.29. The molecule has 0 saturated carbocycles. The molecule has 2 aromatic carbocycles. The number of alkyl halides is 3. The molecule has 0 bridgehead atoms. The highest BCUT2D eigenvalue weighted by Gasteiger charge is 2.34. The van der Waals surface area contributed by atoms with Crippen molar-refractivity contribution in [2.75, 3.05) is 7.05 Å².